The molecule has 0 unspecified atom stereocenters. The molecule has 3 aromatic rings. The number of carbonyl (C=O) groups is 2. The number of amides is 1. The number of nitro groups is 1. The molecule has 1 amide bonds. The summed E-state index contributed by atoms with van der Waals surface area (Å²) < 4.78 is 5.12. The average Bonchev–Trinajstić information content (AvgIpc) is 2.67. The number of non-ortho nitro benzene ring substituents is 1. The van der Waals surface area contributed by atoms with Crippen LogP contribution in [0.2, 0.25) is 0 Å². The van der Waals surface area contributed by atoms with Crippen molar-refractivity contribution in [1.29, 1.82) is 0 Å². The van der Waals surface area contributed by atoms with Gasteiger partial charge in [-0.2, -0.15) is 0 Å². The van der Waals surface area contributed by atoms with E-state index in [2.05, 4.69) is 5.32 Å². The molecule has 0 bridgehead atoms. The second-order valence-corrected chi connectivity index (χ2v) is 6.13. The van der Waals surface area contributed by atoms with Crippen LogP contribution < -0.4 is 11.1 Å². The minimum absolute atomic E-state index is 0.0257. The van der Waals surface area contributed by atoms with Gasteiger partial charge in [0.25, 0.3) is 11.6 Å². The summed E-state index contributed by atoms with van der Waals surface area (Å²) in [5.41, 5.74) is 5.81. The number of rotatable bonds is 5. The second-order valence-electron chi connectivity index (χ2n) is 6.13. The van der Waals surface area contributed by atoms with E-state index in [-0.39, 0.29) is 16.9 Å². The Morgan fingerprint density at radius 1 is 1.07 bits per heavy atom. The molecule has 3 N–H and O–H groups in total. The van der Waals surface area contributed by atoms with Gasteiger partial charge < -0.3 is 15.8 Å². The molecule has 3 aromatic carbocycles. The summed E-state index contributed by atoms with van der Waals surface area (Å²) in [5.74, 6) is -1.45. The Morgan fingerprint density at radius 3 is 2.50 bits per heavy atom. The van der Waals surface area contributed by atoms with Crippen LogP contribution in [0.4, 0.5) is 17.1 Å². The lowest BCUT2D eigenvalue weighted by atomic mass is 10.1. The molecule has 0 fully saturated rings. The predicted molar refractivity (Wildman–Crippen MR) is 105 cm³/mol. The summed E-state index contributed by atoms with van der Waals surface area (Å²) in [6, 6.07) is 16.5. The first-order valence-electron chi connectivity index (χ1n) is 8.39. The minimum atomic E-state index is -1.13. The highest BCUT2D eigenvalue weighted by Crippen LogP contribution is 2.22. The highest BCUT2D eigenvalue weighted by atomic mass is 16.6. The van der Waals surface area contributed by atoms with Crippen molar-refractivity contribution in [2.24, 2.45) is 0 Å². The first-order chi connectivity index (χ1) is 13.3. The summed E-state index contributed by atoms with van der Waals surface area (Å²) >= 11 is 0. The lowest BCUT2D eigenvalue weighted by molar-refractivity contribution is -0.384. The Bertz CT molecular complexity index is 1080. The number of anilines is 2. The highest BCUT2D eigenvalue weighted by molar-refractivity contribution is 6.00. The van der Waals surface area contributed by atoms with Crippen molar-refractivity contribution in [2.75, 3.05) is 11.1 Å². The van der Waals surface area contributed by atoms with Crippen molar-refractivity contribution in [3.8, 4) is 0 Å². The number of ether oxygens (including phenoxy) is 1. The Morgan fingerprint density at radius 2 is 1.79 bits per heavy atom. The normalized spacial score (nSPS) is 11.6. The molecule has 0 aliphatic heterocycles. The van der Waals surface area contributed by atoms with Gasteiger partial charge in [-0.15, -0.1) is 0 Å². The third kappa shape index (κ3) is 4.07. The fourth-order valence-electron chi connectivity index (χ4n) is 2.62. The Labute approximate surface area is 160 Å². The first kappa shape index (κ1) is 18.8. The van der Waals surface area contributed by atoms with Gasteiger partial charge in [-0.05, 0) is 35.9 Å². The lowest BCUT2D eigenvalue weighted by Crippen LogP contribution is -2.30. The quantitative estimate of drug-likeness (QED) is 0.302. The number of hydrogen-bond donors (Lipinski definition) is 2. The molecule has 0 aromatic heterocycles. The predicted octanol–water partition coefficient (Wildman–Crippen LogP) is 3.51. The number of benzene rings is 3. The molecule has 0 saturated heterocycles. The van der Waals surface area contributed by atoms with E-state index in [9.17, 15) is 19.7 Å². The van der Waals surface area contributed by atoms with Crippen molar-refractivity contribution in [3.05, 3.63) is 76.3 Å². The number of nitrogens with one attached hydrogen (secondary N) is 1. The van der Waals surface area contributed by atoms with Crippen LogP contribution in [0, 0.1) is 10.1 Å². The summed E-state index contributed by atoms with van der Waals surface area (Å²) in [6.07, 6.45) is -1.13. The molecule has 3 rings (SSSR count). The molecule has 8 nitrogen and oxygen atoms in total. The molecule has 8 heteroatoms. The number of fused-ring (bicyclic) bond motifs is 1. The maximum Gasteiger partial charge on any atom is 0.341 e. The van der Waals surface area contributed by atoms with E-state index in [1.165, 1.54) is 19.1 Å². The van der Waals surface area contributed by atoms with Crippen LogP contribution in [0.3, 0.4) is 0 Å². The van der Waals surface area contributed by atoms with Gasteiger partial charge in [0.1, 0.15) is 0 Å². The number of nitrogen functional groups attached to an aromatic ring is 1. The van der Waals surface area contributed by atoms with Crippen molar-refractivity contribution in [1.82, 2.24) is 0 Å². The van der Waals surface area contributed by atoms with Gasteiger partial charge in [0, 0.05) is 23.5 Å². The first-order valence-corrected chi connectivity index (χ1v) is 8.39. The van der Waals surface area contributed by atoms with Crippen LogP contribution in [0.25, 0.3) is 10.8 Å². The van der Waals surface area contributed by atoms with Crippen LogP contribution in [-0.4, -0.2) is 22.9 Å². The Kier molecular flexibility index (Phi) is 5.21. The molecule has 0 heterocycles. The van der Waals surface area contributed by atoms with Gasteiger partial charge in [-0.3, -0.25) is 14.9 Å². The topological polar surface area (TPSA) is 125 Å². The largest absolute Gasteiger partial charge is 0.449 e. The smallest absolute Gasteiger partial charge is 0.341 e. The van der Waals surface area contributed by atoms with E-state index in [1.54, 1.807) is 12.1 Å². The molecule has 0 aliphatic carbocycles. The molecule has 0 radical (unpaired) electrons. The van der Waals surface area contributed by atoms with Crippen molar-refractivity contribution in [2.45, 2.75) is 13.0 Å². The average molecular weight is 379 g/mol. The van der Waals surface area contributed by atoms with Gasteiger partial charge in [-0.25, -0.2) is 4.79 Å². The van der Waals surface area contributed by atoms with Crippen molar-refractivity contribution in [3.63, 3.8) is 0 Å². The molecule has 1 atom stereocenters. The molecule has 142 valence electrons. The Balaban J connectivity index is 1.70. The molecule has 0 saturated carbocycles. The van der Waals surface area contributed by atoms with E-state index in [4.69, 9.17) is 10.5 Å². The SMILES string of the molecule is C[C@@H](OC(=O)c1cc([N+](=O)[O-])ccc1N)C(=O)Nc1ccc2ccccc2c1. The van der Waals surface area contributed by atoms with E-state index >= 15 is 0 Å². The van der Waals surface area contributed by atoms with E-state index in [0.717, 1.165) is 16.8 Å². The number of esters is 1. The standard InChI is InChI=1S/C20H17N3O5/c1-12(28-20(25)17-11-16(23(26)27)8-9-18(17)21)19(24)22-15-7-6-13-4-2-3-5-14(13)10-15/h2-12H,21H2,1H3,(H,22,24)/t12-/m1/s1. The fraction of sp³-hybridized carbons (Fsp3) is 0.100. The molecule has 0 aliphatic rings. The van der Waals surface area contributed by atoms with Gasteiger partial charge in [0.15, 0.2) is 6.10 Å². The van der Waals surface area contributed by atoms with Gasteiger partial charge in [0.05, 0.1) is 10.5 Å². The van der Waals surface area contributed by atoms with E-state index < -0.39 is 22.9 Å². The van der Waals surface area contributed by atoms with Crippen LogP contribution in [-0.2, 0) is 9.53 Å². The van der Waals surface area contributed by atoms with Crippen LogP contribution in [0.15, 0.2) is 60.7 Å². The minimum Gasteiger partial charge on any atom is -0.449 e. The maximum atomic E-state index is 12.3. The van der Waals surface area contributed by atoms with Crippen LogP contribution in [0.1, 0.15) is 17.3 Å². The molecule has 0 spiro atoms. The summed E-state index contributed by atoms with van der Waals surface area (Å²) in [7, 11) is 0. The van der Waals surface area contributed by atoms with Gasteiger partial charge in [0.2, 0.25) is 0 Å². The summed E-state index contributed by atoms with van der Waals surface area (Å²) in [4.78, 5) is 34.8. The third-order valence-electron chi connectivity index (χ3n) is 4.14. The Hall–Kier alpha value is -3.94. The molecular formula is C20H17N3O5. The number of carbonyl (C=O) groups excluding carboxylic acids is 2. The van der Waals surface area contributed by atoms with Gasteiger partial charge >= 0.3 is 5.97 Å². The van der Waals surface area contributed by atoms with Crippen molar-refractivity contribution >= 4 is 39.7 Å². The maximum absolute atomic E-state index is 12.3. The zero-order valence-electron chi connectivity index (χ0n) is 14.9. The number of hydrogen-bond acceptors (Lipinski definition) is 6. The number of nitro benzene ring substituents is 1. The van der Waals surface area contributed by atoms with Crippen LogP contribution >= 0.6 is 0 Å². The monoisotopic (exact) mass is 379 g/mol. The summed E-state index contributed by atoms with van der Waals surface area (Å²) in [6.45, 7) is 1.40. The molecule has 28 heavy (non-hydrogen) atoms. The summed E-state index contributed by atoms with van der Waals surface area (Å²) in [5, 5.41) is 15.5. The fourth-order valence-corrected chi connectivity index (χ4v) is 2.62. The van der Waals surface area contributed by atoms with E-state index in [0.29, 0.717) is 5.69 Å². The molecular weight excluding hydrogens is 362 g/mol. The lowest BCUT2D eigenvalue weighted by Gasteiger charge is -2.14. The number of nitrogens with zero attached hydrogens (tertiary/aromatic N) is 1. The zero-order valence-corrected chi connectivity index (χ0v) is 14.9. The zero-order chi connectivity index (χ0) is 20.3. The van der Waals surface area contributed by atoms with E-state index in [1.807, 2.05) is 30.3 Å². The highest BCUT2D eigenvalue weighted by Gasteiger charge is 2.22. The third-order valence-corrected chi connectivity index (χ3v) is 4.14. The number of nitrogens with two attached hydrogens (primary N) is 1. The second kappa shape index (κ2) is 7.75. The van der Waals surface area contributed by atoms with Gasteiger partial charge in [-0.1, -0.05) is 30.3 Å². The van der Waals surface area contributed by atoms with Crippen molar-refractivity contribution < 1.29 is 19.2 Å². The van der Waals surface area contributed by atoms with Crippen LogP contribution in [0.5, 0.6) is 0 Å².